The number of anilines is 1. The molecule has 3 aromatic carbocycles. The molecule has 5 nitrogen and oxygen atoms in total. The van der Waals surface area contributed by atoms with E-state index in [1.807, 2.05) is 19.1 Å². The van der Waals surface area contributed by atoms with Crippen LogP contribution in [0.4, 0.5) is 5.69 Å². The minimum atomic E-state index is 0.220. The van der Waals surface area contributed by atoms with Gasteiger partial charge in [-0.25, -0.2) is 10.9 Å². The van der Waals surface area contributed by atoms with Gasteiger partial charge in [0, 0.05) is 24.7 Å². The number of benzene rings is 3. The van der Waals surface area contributed by atoms with Gasteiger partial charge < -0.3 is 14.4 Å². The molecule has 5 heteroatoms. The number of rotatable bonds is 6. The second-order valence-electron chi connectivity index (χ2n) is 8.20. The highest BCUT2D eigenvalue weighted by Gasteiger charge is 2.43. The molecule has 0 aliphatic carbocycles. The zero-order valence-electron chi connectivity index (χ0n) is 18.0. The molecule has 1 fully saturated rings. The normalized spacial score (nSPS) is 22.0. The van der Waals surface area contributed by atoms with Crippen molar-refractivity contribution in [1.29, 1.82) is 0 Å². The van der Waals surface area contributed by atoms with Crippen LogP contribution in [0.1, 0.15) is 35.7 Å². The Morgan fingerprint density at radius 1 is 0.903 bits per heavy atom. The zero-order valence-corrected chi connectivity index (χ0v) is 18.0. The molecule has 0 radical (unpaired) electrons. The van der Waals surface area contributed by atoms with Gasteiger partial charge in [-0.1, -0.05) is 42.5 Å². The maximum atomic E-state index is 5.83. The summed E-state index contributed by atoms with van der Waals surface area (Å²) in [5.74, 6) is 2.20. The van der Waals surface area contributed by atoms with Gasteiger partial charge in [0.25, 0.3) is 0 Å². The quantitative estimate of drug-likeness (QED) is 0.615. The number of hydrogen-bond acceptors (Lipinski definition) is 5. The number of hydrogen-bond donors (Lipinski definition) is 2. The molecule has 0 bridgehead atoms. The summed E-state index contributed by atoms with van der Waals surface area (Å²) in [7, 11) is 1.70. The number of hydrazine groups is 1. The molecule has 2 N–H and O–H groups in total. The van der Waals surface area contributed by atoms with Crippen molar-refractivity contribution < 1.29 is 9.47 Å². The fourth-order valence-corrected chi connectivity index (χ4v) is 4.88. The highest BCUT2D eigenvalue weighted by Crippen LogP contribution is 2.46. The molecule has 31 heavy (non-hydrogen) atoms. The number of methoxy groups -OCH3 is 1. The number of fused-ring (bicyclic) bond motifs is 3. The van der Waals surface area contributed by atoms with Gasteiger partial charge in [0.05, 0.1) is 25.8 Å². The Hall–Kier alpha value is -3.02. The van der Waals surface area contributed by atoms with Gasteiger partial charge in [0.2, 0.25) is 0 Å². The van der Waals surface area contributed by atoms with Crippen LogP contribution in [0.3, 0.4) is 0 Å². The van der Waals surface area contributed by atoms with Crippen LogP contribution in [-0.4, -0.2) is 20.3 Å². The maximum absolute atomic E-state index is 5.83. The van der Waals surface area contributed by atoms with Gasteiger partial charge in [-0.05, 0) is 53.9 Å². The lowest BCUT2D eigenvalue weighted by Gasteiger charge is -2.39. The Morgan fingerprint density at radius 2 is 1.65 bits per heavy atom. The summed E-state index contributed by atoms with van der Waals surface area (Å²) in [5.41, 5.74) is 12.3. The van der Waals surface area contributed by atoms with E-state index in [9.17, 15) is 0 Å². The first kappa shape index (κ1) is 19.9. The molecule has 2 aliphatic rings. The maximum Gasteiger partial charge on any atom is 0.119 e. The van der Waals surface area contributed by atoms with Crippen molar-refractivity contribution in [3.8, 4) is 11.5 Å². The third-order valence-electron chi connectivity index (χ3n) is 6.36. The van der Waals surface area contributed by atoms with Crippen LogP contribution in [0.2, 0.25) is 0 Å². The van der Waals surface area contributed by atoms with Crippen LogP contribution in [0.15, 0.2) is 72.8 Å². The summed E-state index contributed by atoms with van der Waals surface area (Å²) in [6, 6.07) is 26.0. The predicted octanol–water partition coefficient (Wildman–Crippen LogP) is 4.62. The molecule has 0 aromatic heterocycles. The third-order valence-corrected chi connectivity index (χ3v) is 6.36. The first-order valence-electron chi connectivity index (χ1n) is 11.0. The molecule has 1 saturated heterocycles. The molecule has 3 aromatic rings. The Bertz CT molecular complexity index is 1020. The number of ether oxygens (including phenoxy) is 2. The van der Waals surface area contributed by atoms with Gasteiger partial charge in [-0.2, -0.15) is 0 Å². The first-order valence-corrected chi connectivity index (χ1v) is 11.0. The molecule has 2 heterocycles. The Labute approximate surface area is 184 Å². The van der Waals surface area contributed by atoms with E-state index in [0.29, 0.717) is 12.5 Å². The fraction of sp³-hybridized carbons (Fsp3) is 0.308. The summed E-state index contributed by atoms with van der Waals surface area (Å²) in [5, 5.41) is 0. The molecule has 0 amide bonds. The van der Waals surface area contributed by atoms with Crippen molar-refractivity contribution in [3.05, 3.63) is 89.5 Å². The summed E-state index contributed by atoms with van der Waals surface area (Å²) < 4.78 is 11.2. The monoisotopic (exact) mass is 415 g/mol. The van der Waals surface area contributed by atoms with Gasteiger partial charge >= 0.3 is 0 Å². The predicted molar refractivity (Wildman–Crippen MR) is 123 cm³/mol. The topological polar surface area (TPSA) is 45.8 Å². The number of nitrogens with zero attached hydrogens (tertiary/aromatic N) is 1. The molecule has 2 aliphatic heterocycles. The van der Waals surface area contributed by atoms with Crippen LogP contribution in [0, 0.1) is 5.92 Å². The summed E-state index contributed by atoms with van der Waals surface area (Å²) in [4.78, 5) is 2.51. The largest absolute Gasteiger partial charge is 0.497 e. The van der Waals surface area contributed by atoms with Crippen LogP contribution < -0.4 is 25.2 Å². The van der Waals surface area contributed by atoms with E-state index >= 15 is 0 Å². The highest BCUT2D eigenvalue weighted by atomic mass is 16.5. The lowest BCUT2D eigenvalue weighted by Crippen LogP contribution is -2.39. The minimum absolute atomic E-state index is 0.220. The van der Waals surface area contributed by atoms with Crippen LogP contribution in [-0.2, 0) is 6.54 Å². The van der Waals surface area contributed by atoms with Gasteiger partial charge in [-0.3, -0.25) is 0 Å². The average Bonchev–Trinajstić information content (AvgIpc) is 3.24. The van der Waals surface area contributed by atoms with Crippen LogP contribution in [0.25, 0.3) is 0 Å². The van der Waals surface area contributed by atoms with Crippen LogP contribution >= 0.6 is 0 Å². The van der Waals surface area contributed by atoms with Crippen molar-refractivity contribution in [3.63, 3.8) is 0 Å². The van der Waals surface area contributed by atoms with Crippen molar-refractivity contribution in [2.24, 2.45) is 5.92 Å². The van der Waals surface area contributed by atoms with E-state index in [2.05, 4.69) is 76.4 Å². The van der Waals surface area contributed by atoms with Gasteiger partial charge in [0.15, 0.2) is 0 Å². The van der Waals surface area contributed by atoms with E-state index in [-0.39, 0.29) is 12.1 Å². The third kappa shape index (κ3) is 3.87. The summed E-state index contributed by atoms with van der Waals surface area (Å²) >= 11 is 0. The lowest BCUT2D eigenvalue weighted by atomic mass is 9.82. The molecule has 3 unspecified atom stereocenters. The first-order chi connectivity index (χ1) is 15.3. The van der Waals surface area contributed by atoms with E-state index in [1.54, 1.807) is 7.11 Å². The van der Waals surface area contributed by atoms with Crippen molar-refractivity contribution in [2.45, 2.75) is 25.6 Å². The summed E-state index contributed by atoms with van der Waals surface area (Å²) in [6.07, 6.45) is 0. The van der Waals surface area contributed by atoms with Crippen molar-refractivity contribution in [1.82, 2.24) is 10.9 Å². The lowest BCUT2D eigenvalue weighted by molar-refractivity contribution is 0.337. The fourth-order valence-electron chi connectivity index (χ4n) is 4.88. The zero-order chi connectivity index (χ0) is 21.2. The van der Waals surface area contributed by atoms with E-state index in [4.69, 9.17) is 9.47 Å². The molecule has 0 spiro atoms. The van der Waals surface area contributed by atoms with E-state index in [0.717, 1.165) is 24.6 Å². The highest BCUT2D eigenvalue weighted by molar-refractivity contribution is 5.61. The van der Waals surface area contributed by atoms with Crippen molar-refractivity contribution >= 4 is 5.69 Å². The second-order valence-corrected chi connectivity index (χ2v) is 8.20. The molecule has 0 saturated carbocycles. The SMILES string of the molecule is CCOc1ccc2c(c1)C1NNC(c3ccc(OC)cc3)C1CN2Cc1ccccc1. The van der Waals surface area contributed by atoms with Crippen molar-refractivity contribution in [2.75, 3.05) is 25.2 Å². The molecule has 160 valence electrons. The van der Waals surface area contributed by atoms with E-state index in [1.165, 1.54) is 22.4 Å². The minimum Gasteiger partial charge on any atom is -0.497 e. The van der Waals surface area contributed by atoms with Gasteiger partial charge in [-0.15, -0.1) is 0 Å². The molecule has 5 rings (SSSR count). The second kappa shape index (κ2) is 8.61. The molecular formula is C26H29N3O2. The average molecular weight is 416 g/mol. The summed E-state index contributed by atoms with van der Waals surface area (Å²) in [6.45, 7) is 4.55. The number of nitrogens with one attached hydrogen (secondary N) is 2. The Kier molecular flexibility index (Phi) is 5.53. The Balaban J connectivity index is 1.50. The standard InChI is InChI=1S/C26H29N3O2/c1-3-31-21-13-14-24-22(15-21)26-23(17-29(24)16-18-7-5-4-6-8-18)25(27-28-26)19-9-11-20(30-2)12-10-19/h4-15,23,25-28H,3,16-17H2,1-2H3. The van der Waals surface area contributed by atoms with E-state index < -0.39 is 0 Å². The molecule has 3 atom stereocenters. The molecular weight excluding hydrogens is 386 g/mol. The van der Waals surface area contributed by atoms with Gasteiger partial charge in [0.1, 0.15) is 11.5 Å². The smallest absolute Gasteiger partial charge is 0.119 e. The Morgan fingerprint density at radius 3 is 2.39 bits per heavy atom. The van der Waals surface area contributed by atoms with Crippen LogP contribution in [0.5, 0.6) is 11.5 Å².